The van der Waals surface area contributed by atoms with E-state index < -0.39 is 0 Å². The summed E-state index contributed by atoms with van der Waals surface area (Å²) in [6.07, 6.45) is 0. The van der Waals surface area contributed by atoms with Gasteiger partial charge in [-0.15, -0.1) is 0 Å². The van der Waals surface area contributed by atoms with Gasteiger partial charge in [-0.3, -0.25) is 0 Å². The van der Waals surface area contributed by atoms with Gasteiger partial charge >= 0.3 is 40.6 Å². The van der Waals surface area contributed by atoms with Gasteiger partial charge in [0.05, 0.1) is 0 Å². The smallest absolute Gasteiger partial charge is 0 e. The summed E-state index contributed by atoms with van der Waals surface area (Å²) in [7, 11) is 0. The summed E-state index contributed by atoms with van der Waals surface area (Å²) in [5, 5.41) is 0. The third kappa shape index (κ3) is 8.84. The van der Waals surface area contributed by atoms with Crippen molar-refractivity contribution < 1.29 is 41.9 Å². The van der Waals surface area contributed by atoms with Gasteiger partial charge in [0.25, 0.3) is 0 Å². The summed E-state index contributed by atoms with van der Waals surface area (Å²) >= 11 is 2.36. The van der Waals surface area contributed by atoms with E-state index >= 15 is 0 Å². The second kappa shape index (κ2) is 9.26. The van der Waals surface area contributed by atoms with Crippen molar-refractivity contribution in [3.8, 4) is 0 Å². The van der Waals surface area contributed by atoms with E-state index in [1.807, 2.05) is 0 Å². The predicted molar refractivity (Wildman–Crippen MR) is 16.9 cm³/mol. The van der Waals surface area contributed by atoms with E-state index in [4.69, 9.17) is 0 Å². The van der Waals surface area contributed by atoms with Gasteiger partial charge in [0, 0.05) is 25.8 Å². The van der Waals surface area contributed by atoms with Crippen LogP contribution in [0, 0.1) is 0 Å². The van der Waals surface area contributed by atoms with E-state index in [2.05, 4.69) is 22.8 Å². The van der Waals surface area contributed by atoms with E-state index in [0.29, 0.717) is 0 Å². The van der Waals surface area contributed by atoms with Crippen LogP contribution in [0.25, 0.3) is 0 Å². The molecule has 0 aliphatic rings. The molecule has 4 heavy (non-hydrogen) atoms. The van der Waals surface area contributed by atoms with Crippen LogP contribution in [-0.2, 0) is 41.9 Å². The molecule has 0 aliphatic carbocycles. The van der Waals surface area contributed by atoms with E-state index in [0.717, 1.165) is 0 Å². The monoisotopic (exact) mass is 298 g/mol. The molecular formula is H3MoPSbSc. The molecule has 0 aromatic carbocycles. The van der Waals surface area contributed by atoms with Crippen LogP contribution in [0.15, 0.2) is 0 Å². The topological polar surface area (TPSA) is 0 Å². The third-order valence-corrected chi connectivity index (χ3v) is 0. The van der Waals surface area contributed by atoms with E-state index in [1.54, 1.807) is 0 Å². The van der Waals surface area contributed by atoms with Crippen molar-refractivity contribution in [2.45, 2.75) is 0 Å². The Morgan fingerprint density at radius 2 is 1.75 bits per heavy atom. The first-order valence-corrected chi connectivity index (χ1v) is 13.9. The van der Waals surface area contributed by atoms with Crippen LogP contribution in [0.1, 0.15) is 0 Å². The molecule has 0 aromatic rings. The van der Waals surface area contributed by atoms with Crippen molar-refractivity contribution in [3.63, 3.8) is 0 Å². The molecule has 1 unspecified atom stereocenters. The maximum absolute atomic E-state index is 2.75. The third-order valence-electron chi connectivity index (χ3n) is 0. The molecule has 0 bridgehead atoms. The average Bonchev–Trinajstić information content (AvgIpc) is 0.918. The van der Waals surface area contributed by atoms with Crippen molar-refractivity contribution in [1.29, 1.82) is 0 Å². The van der Waals surface area contributed by atoms with Gasteiger partial charge in [-0.2, -0.15) is 0 Å². The quantitative estimate of drug-likeness (QED) is 0.424. The van der Waals surface area contributed by atoms with Crippen LogP contribution in [-0.4, -0.2) is 17.8 Å². The fourth-order valence-corrected chi connectivity index (χ4v) is 0. The van der Waals surface area contributed by atoms with E-state index in [1.165, 1.54) is 0 Å². The Labute approximate surface area is 65.2 Å². The molecule has 0 aliphatic heterocycles. The molecule has 0 N–H and O–H groups in total. The Bertz CT molecular complexity index is 8.00. The van der Waals surface area contributed by atoms with Crippen LogP contribution in [0.4, 0.5) is 0 Å². The van der Waals surface area contributed by atoms with Gasteiger partial charge < -0.3 is 0 Å². The molecule has 4 heteroatoms. The molecule has 0 rings (SSSR count). The minimum atomic E-state index is 0. The van der Waals surface area contributed by atoms with Crippen molar-refractivity contribution in [1.82, 2.24) is 0 Å². The first kappa shape index (κ1) is 9.93. The van der Waals surface area contributed by atoms with Gasteiger partial charge in [0.2, 0.25) is 0 Å². The molecule has 0 fully saturated rings. The van der Waals surface area contributed by atoms with Crippen LogP contribution < -0.4 is 0 Å². The van der Waals surface area contributed by atoms with Gasteiger partial charge in [-0.25, -0.2) is 0 Å². The van der Waals surface area contributed by atoms with Crippen LogP contribution in [0.2, 0.25) is 0 Å². The SMILES string of the molecule is [PH2][SbH][Mo].[Sc]. The summed E-state index contributed by atoms with van der Waals surface area (Å²) in [4.78, 5) is 0. The molecule has 0 spiro atoms. The Morgan fingerprint density at radius 1 is 1.75 bits per heavy atom. The molecule has 0 heterocycles. The molecule has 0 amide bonds. The molecule has 0 saturated carbocycles. The minimum Gasteiger partial charge on any atom is 0 e. The number of hydrogen-bond acceptors (Lipinski definition) is 0. The summed E-state index contributed by atoms with van der Waals surface area (Å²) < 4.78 is 0. The molecule has 0 aromatic heterocycles. The Kier molecular flexibility index (Phi) is 23.0. The first-order chi connectivity index (χ1) is 1.41. The second-order valence-electron chi connectivity index (χ2n) is 0.118. The standard InChI is InChI=1S/Mo.H2P.Sb.Sc.H/h;1H2;;;/q;-1;+1;;. The summed E-state index contributed by atoms with van der Waals surface area (Å²) in [6.45, 7) is 2.75. The van der Waals surface area contributed by atoms with Crippen molar-refractivity contribution >= 4 is 24.6 Å². The number of rotatable bonds is 0. The van der Waals surface area contributed by atoms with Crippen LogP contribution in [0.5, 0.6) is 0 Å². The Hall–Kier alpha value is 2.81. The zero-order chi connectivity index (χ0) is 2.71. The van der Waals surface area contributed by atoms with Crippen molar-refractivity contribution in [2.24, 2.45) is 0 Å². The molecular weight excluding hydrogens is 294 g/mol. The number of hydrogen-bond donors (Lipinski definition) is 0. The van der Waals surface area contributed by atoms with Crippen LogP contribution in [0.3, 0.4) is 0 Å². The van der Waals surface area contributed by atoms with Crippen LogP contribution >= 0.6 is 6.81 Å². The van der Waals surface area contributed by atoms with Gasteiger partial charge in [-0.1, -0.05) is 0 Å². The fourth-order valence-electron chi connectivity index (χ4n) is 0. The molecule has 22 valence electrons. The van der Waals surface area contributed by atoms with Gasteiger partial charge in [0.1, 0.15) is 0 Å². The van der Waals surface area contributed by atoms with Gasteiger partial charge in [0.15, 0.2) is 0 Å². The van der Waals surface area contributed by atoms with Crippen molar-refractivity contribution in [3.05, 3.63) is 0 Å². The molecule has 0 nitrogen and oxygen atoms in total. The second-order valence-corrected chi connectivity index (χ2v) is 14.0. The Balaban J connectivity index is 0. The first-order valence-electron chi connectivity index (χ1n) is 0.493. The molecule has 1 atom stereocenters. The summed E-state index contributed by atoms with van der Waals surface area (Å²) in [5.74, 6) is 0. The summed E-state index contributed by atoms with van der Waals surface area (Å²) in [5.41, 5.74) is 0. The largest absolute Gasteiger partial charge is 0 e. The zero-order valence-electron chi connectivity index (χ0n) is 2.06. The minimum absolute atomic E-state index is 0. The van der Waals surface area contributed by atoms with Gasteiger partial charge in [-0.05, 0) is 0 Å². The average molecular weight is 297 g/mol. The molecule has 0 saturated heterocycles. The maximum atomic E-state index is 2.75. The summed E-state index contributed by atoms with van der Waals surface area (Å²) in [6, 6.07) is 0. The predicted octanol–water partition coefficient (Wildman–Crippen LogP) is -0.328. The normalized spacial score (nSPS) is 4.25. The van der Waals surface area contributed by atoms with E-state index in [-0.39, 0.29) is 43.6 Å². The molecule has 1 radical (unpaired) electrons. The Morgan fingerprint density at radius 3 is 1.75 bits per heavy atom. The maximum Gasteiger partial charge on any atom is 0 e. The van der Waals surface area contributed by atoms with Crippen molar-refractivity contribution in [2.75, 3.05) is 0 Å². The van der Waals surface area contributed by atoms with E-state index in [9.17, 15) is 0 Å². The zero-order valence-corrected chi connectivity index (χ0v) is 9.88. The fraction of sp³-hybridized carbons (Fsp3) is 0.